The van der Waals surface area contributed by atoms with E-state index in [1.165, 1.54) is 0 Å². The van der Waals surface area contributed by atoms with E-state index in [2.05, 4.69) is 5.32 Å². The number of aliphatic hydroxyl groups is 1. The Balaban J connectivity index is 2.30. The average molecular weight is 246 g/mol. The second-order valence-electron chi connectivity index (χ2n) is 4.09. The first-order chi connectivity index (χ1) is 8.77. The van der Waals surface area contributed by atoms with Crippen LogP contribution in [0.5, 0.6) is 0 Å². The Kier molecular flexibility index (Phi) is 6.52. The summed E-state index contributed by atoms with van der Waals surface area (Å²) in [5.41, 5.74) is 1.01. The predicted octanol–water partition coefficient (Wildman–Crippen LogP) is 1.84. The van der Waals surface area contributed by atoms with Gasteiger partial charge in [-0.2, -0.15) is 5.26 Å². The van der Waals surface area contributed by atoms with Crippen molar-refractivity contribution >= 4 is 5.91 Å². The van der Waals surface area contributed by atoms with Crippen molar-refractivity contribution in [2.24, 2.45) is 0 Å². The first-order valence-corrected chi connectivity index (χ1v) is 6.17. The molecule has 0 aliphatic rings. The van der Waals surface area contributed by atoms with Crippen LogP contribution >= 0.6 is 0 Å². The van der Waals surface area contributed by atoms with E-state index >= 15 is 0 Å². The van der Waals surface area contributed by atoms with Gasteiger partial charge in [-0.1, -0.05) is 18.9 Å². The minimum absolute atomic E-state index is 0.144. The Morgan fingerprint density at radius 2 is 2.06 bits per heavy atom. The standard InChI is InChI=1S/C14H18N2O2/c15-11-12-6-5-7-13(10-12)14(18)16-8-3-1-2-4-9-17/h5-7,10,17H,1-4,8-9H2,(H,16,18). The molecular weight excluding hydrogens is 228 g/mol. The molecule has 0 atom stereocenters. The summed E-state index contributed by atoms with van der Waals surface area (Å²) in [5, 5.41) is 20.2. The van der Waals surface area contributed by atoms with Gasteiger partial charge in [0, 0.05) is 18.7 Å². The quantitative estimate of drug-likeness (QED) is 0.721. The van der Waals surface area contributed by atoms with Crippen LogP contribution in [0, 0.1) is 11.3 Å². The molecule has 1 aromatic rings. The summed E-state index contributed by atoms with van der Waals surface area (Å²) in [6, 6.07) is 8.67. The topological polar surface area (TPSA) is 73.1 Å². The zero-order chi connectivity index (χ0) is 13.2. The van der Waals surface area contributed by atoms with Crippen molar-refractivity contribution in [2.45, 2.75) is 25.7 Å². The van der Waals surface area contributed by atoms with Crippen molar-refractivity contribution in [1.82, 2.24) is 5.32 Å². The van der Waals surface area contributed by atoms with Crippen molar-refractivity contribution in [3.8, 4) is 6.07 Å². The first-order valence-electron chi connectivity index (χ1n) is 6.17. The lowest BCUT2D eigenvalue weighted by atomic mass is 10.1. The lowest BCUT2D eigenvalue weighted by molar-refractivity contribution is 0.0953. The van der Waals surface area contributed by atoms with Gasteiger partial charge in [-0.3, -0.25) is 4.79 Å². The molecule has 2 N–H and O–H groups in total. The number of hydrogen-bond donors (Lipinski definition) is 2. The molecule has 0 aromatic heterocycles. The van der Waals surface area contributed by atoms with Gasteiger partial charge in [0.05, 0.1) is 11.6 Å². The molecule has 0 aliphatic heterocycles. The highest BCUT2D eigenvalue weighted by atomic mass is 16.2. The molecule has 0 radical (unpaired) electrons. The molecule has 18 heavy (non-hydrogen) atoms. The molecular formula is C14H18N2O2. The van der Waals surface area contributed by atoms with Gasteiger partial charge < -0.3 is 10.4 Å². The normalized spacial score (nSPS) is 9.78. The number of carbonyl (C=O) groups excluding carboxylic acids is 1. The van der Waals surface area contributed by atoms with E-state index in [0.717, 1.165) is 25.7 Å². The fourth-order valence-electron chi connectivity index (χ4n) is 1.62. The number of unbranched alkanes of at least 4 members (excludes halogenated alkanes) is 3. The minimum atomic E-state index is -0.144. The first kappa shape index (κ1) is 14.2. The second-order valence-corrected chi connectivity index (χ2v) is 4.09. The fraction of sp³-hybridized carbons (Fsp3) is 0.429. The van der Waals surface area contributed by atoms with Crippen LogP contribution in [-0.4, -0.2) is 24.2 Å². The number of aliphatic hydroxyl groups excluding tert-OH is 1. The summed E-state index contributed by atoms with van der Waals surface area (Å²) in [6.07, 6.45) is 3.71. The zero-order valence-corrected chi connectivity index (χ0v) is 10.4. The van der Waals surface area contributed by atoms with E-state index in [1.807, 2.05) is 6.07 Å². The molecule has 0 aliphatic carbocycles. The Bertz CT molecular complexity index is 424. The smallest absolute Gasteiger partial charge is 0.251 e. The van der Waals surface area contributed by atoms with Crippen LogP contribution in [0.4, 0.5) is 0 Å². The number of amides is 1. The van der Waals surface area contributed by atoms with Gasteiger partial charge >= 0.3 is 0 Å². The van der Waals surface area contributed by atoms with Crippen LogP contribution in [0.2, 0.25) is 0 Å². The van der Waals surface area contributed by atoms with Crippen LogP contribution < -0.4 is 5.32 Å². The molecule has 4 nitrogen and oxygen atoms in total. The average Bonchev–Trinajstić information content (AvgIpc) is 2.42. The molecule has 0 heterocycles. The van der Waals surface area contributed by atoms with Gasteiger partial charge in [0.25, 0.3) is 5.91 Å². The molecule has 1 amide bonds. The molecule has 4 heteroatoms. The molecule has 0 fully saturated rings. The van der Waals surface area contributed by atoms with Gasteiger partial charge in [-0.25, -0.2) is 0 Å². The van der Waals surface area contributed by atoms with Gasteiger partial charge in [0.1, 0.15) is 0 Å². The molecule has 0 unspecified atom stereocenters. The number of nitrogens with one attached hydrogen (secondary N) is 1. The van der Waals surface area contributed by atoms with Gasteiger partial charge in [0.15, 0.2) is 0 Å². The van der Waals surface area contributed by atoms with E-state index in [0.29, 0.717) is 17.7 Å². The maximum Gasteiger partial charge on any atom is 0.251 e. The lowest BCUT2D eigenvalue weighted by Gasteiger charge is -2.05. The van der Waals surface area contributed by atoms with Crippen LogP contribution in [0.3, 0.4) is 0 Å². The van der Waals surface area contributed by atoms with Crippen LogP contribution in [0.15, 0.2) is 24.3 Å². The number of benzene rings is 1. The molecule has 1 rings (SSSR count). The zero-order valence-electron chi connectivity index (χ0n) is 10.4. The Hall–Kier alpha value is -1.86. The highest BCUT2D eigenvalue weighted by Crippen LogP contribution is 2.04. The largest absolute Gasteiger partial charge is 0.396 e. The third-order valence-electron chi connectivity index (χ3n) is 2.62. The lowest BCUT2D eigenvalue weighted by Crippen LogP contribution is -2.24. The summed E-state index contributed by atoms with van der Waals surface area (Å²) < 4.78 is 0. The predicted molar refractivity (Wildman–Crippen MR) is 69.0 cm³/mol. The third-order valence-corrected chi connectivity index (χ3v) is 2.62. The van der Waals surface area contributed by atoms with Crippen LogP contribution in [0.25, 0.3) is 0 Å². The summed E-state index contributed by atoms with van der Waals surface area (Å²) >= 11 is 0. The van der Waals surface area contributed by atoms with E-state index in [1.54, 1.807) is 24.3 Å². The SMILES string of the molecule is N#Cc1cccc(C(=O)NCCCCCCO)c1. The Morgan fingerprint density at radius 1 is 1.28 bits per heavy atom. The number of nitrogens with zero attached hydrogens (tertiary/aromatic N) is 1. The highest BCUT2D eigenvalue weighted by molar-refractivity contribution is 5.94. The summed E-state index contributed by atoms with van der Waals surface area (Å²) in [5.74, 6) is -0.144. The maximum atomic E-state index is 11.7. The fourth-order valence-corrected chi connectivity index (χ4v) is 1.62. The van der Waals surface area contributed by atoms with E-state index in [-0.39, 0.29) is 12.5 Å². The van der Waals surface area contributed by atoms with Crippen molar-refractivity contribution < 1.29 is 9.90 Å². The van der Waals surface area contributed by atoms with Crippen molar-refractivity contribution in [3.63, 3.8) is 0 Å². The van der Waals surface area contributed by atoms with E-state index < -0.39 is 0 Å². The van der Waals surface area contributed by atoms with Gasteiger partial charge in [0.2, 0.25) is 0 Å². The summed E-state index contributed by atoms with van der Waals surface area (Å²) in [6.45, 7) is 0.856. The number of nitriles is 1. The van der Waals surface area contributed by atoms with Gasteiger partial charge in [-0.15, -0.1) is 0 Å². The second kappa shape index (κ2) is 8.26. The van der Waals surface area contributed by atoms with Crippen LogP contribution in [-0.2, 0) is 0 Å². The molecule has 0 spiro atoms. The summed E-state index contributed by atoms with van der Waals surface area (Å²) in [7, 11) is 0. The Labute approximate surface area is 107 Å². The van der Waals surface area contributed by atoms with Crippen molar-refractivity contribution in [1.29, 1.82) is 5.26 Å². The van der Waals surface area contributed by atoms with E-state index in [9.17, 15) is 4.79 Å². The summed E-state index contributed by atoms with van der Waals surface area (Å²) in [4.78, 5) is 11.7. The number of hydrogen-bond acceptors (Lipinski definition) is 3. The number of carbonyl (C=O) groups is 1. The Morgan fingerprint density at radius 3 is 2.78 bits per heavy atom. The van der Waals surface area contributed by atoms with Crippen LogP contribution in [0.1, 0.15) is 41.6 Å². The minimum Gasteiger partial charge on any atom is -0.396 e. The number of rotatable bonds is 7. The highest BCUT2D eigenvalue weighted by Gasteiger charge is 2.04. The molecule has 96 valence electrons. The molecule has 0 saturated heterocycles. The molecule has 0 saturated carbocycles. The third kappa shape index (κ3) is 4.98. The van der Waals surface area contributed by atoms with Crippen molar-refractivity contribution in [3.05, 3.63) is 35.4 Å². The molecule has 0 bridgehead atoms. The monoisotopic (exact) mass is 246 g/mol. The maximum absolute atomic E-state index is 11.7. The van der Waals surface area contributed by atoms with Crippen molar-refractivity contribution in [2.75, 3.05) is 13.2 Å². The molecule has 1 aromatic carbocycles. The van der Waals surface area contributed by atoms with E-state index in [4.69, 9.17) is 10.4 Å². The van der Waals surface area contributed by atoms with Gasteiger partial charge in [-0.05, 0) is 31.0 Å².